The molecule has 0 rings (SSSR count). The van der Waals surface area contributed by atoms with Crippen molar-refractivity contribution in [2.75, 3.05) is 33.2 Å². The third-order valence-electron chi connectivity index (χ3n) is 2.80. The van der Waals surface area contributed by atoms with Crippen molar-refractivity contribution >= 4 is 14.8 Å². The summed E-state index contributed by atoms with van der Waals surface area (Å²) in [6.07, 6.45) is 4.61. The summed E-state index contributed by atoms with van der Waals surface area (Å²) < 4.78 is 28.0. The van der Waals surface area contributed by atoms with Crippen LogP contribution in [0.2, 0.25) is 6.04 Å². The first kappa shape index (κ1) is 22.3. The molecule has 0 bridgehead atoms. The Morgan fingerprint density at radius 1 is 0.957 bits per heavy atom. The van der Waals surface area contributed by atoms with Gasteiger partial charge < -0.3 is 22.8 Å². The summed E-state index contributed by atoms with van der Waals surface area (Å²) in [7, 11) is -2.65. The Labute approximate surface area is 141 Å². The number of esters is 1. The fourth-order valence-electron chi connectivity index (χ4n) is 1.72. The molecule has 0 atom stereocenters. The van der Waals surface area contributed by atoms with E-state index in [4.69, 9.17) is 22.8 Å². The van der Waals surface area contributed by atoms with Crippen LogP contribution >= 0.6 is 0 Å². The van der Waals surface area contributed by atoms with Gasteiger partial charge in [0.1, 0.15) is 0 Å². The van der Waals surface area contributed by atoms with E-state index in [0.717, 1.165) is 31.8 Å². The summed E-state index contributed by atoms with van der Waals surface area (Å²) in [4.78, 5) is 10.9. The topological polar surface area (TPSA) is 63.2 Å². The van der Waals surface area contributed by atoms with Gasteiger partial charge in [0.05, 0.1) is 6.61 Å². The van der Waals surface area contributed by atoms with Gasteiger partial charge in [0.2, 0.25) is 0 Å². The first-order valence-corrected chi connectivity index (χ1v) is 10.4. The molecular formula is C16H32O6Si. The molecule has 0 heterocycles. The van der Waals surface area contributed by atoms with E-state index in [1.54, 1.807) is 0 Å². The van der Waals surface area contributed by atoms with Crippen molar-refractivity contribution in [3.63, 3.8) is 0 Å². The second-order valence-electron chi connectivity index (χ2n) is 5.03. The molecule has 0 unspecified atom stereocenters. The van der Waals surface area contributed by atoms with Gasteiger partial charge in [0.25, 0.3) is 0 Å². The quantitative estimate of drug-likeness (QED) is 0.140. The summed E-state index contributed by atoms with van der Waals surface area (Å²) in [6, 6.07) is 0.697. The van der Waals surface area contributed by atoms with Gasteiger partial charge in [-0.25, -0.2) is 4.79 Å². The average molecular weight is 349 g/mol. The molecule has 0 spiro atoms. The predicted octanol–water partition coefficient (Wildman–Crippen LogP) is 3.30. The molecule has 0 amide bonds. The van der Waals surface area contributed by atoms with E-state index in [1.807, 2.05) is 0 Å². The molecule has 7 heteroatoms. The SMILES string of the molecule is C=CC(=O)OCOCCC[Si](OCCC)(OCCC)OCCC. The molecule has 0 N–H and O–H groups in total. The van der Waals surface area contributed by atoms with Gasteiger partial charge in [0.15, 0.2) is 6.79 Å². The zero-order valence-electron chi connectivity index (χ0n) is 14.8. The van der Waals surface area contributed by atoms with Gasteiger partial charge in [-0.2, -0.15) is 0 Å². The van der Waals surface area contributed by atoms with Gasteiger partial charge >= 0.3 is 14.8 Å². The Bertz CT molecular complexity index is 289. The summed E-state index contributed by atoms with van der Waals surface area (Å²) in [5, 5.41) is 0. The van der Waals surface area contributed by atoms with E-state index in [1.165, 1.54) is 0 Å². The van der Waals surface area contributed by atoms with Crippen LogP contribution in [0.1, 0.15) is 46.5 Å². The highest BCUT2D eigenvalue weighted by atomic mass is 28.4. The van der Waals surface area contributed by atoms with Gasteiger partial charge in [-0.05, 0) is 25.7 Å². The molecule has 0 saturated carbocycles. The lowest BCUT2D eigenvalue weighted by molar-refractivity contribution is -0.150. The highest BCUT2D eigenvalue weighted by Gasteiger charge is 2.40. The van der Waals surface area contributed by atoms with Crippen molar-refractivity contribution in [3.05, 3.63) is 12.7 Å². The van der Waals surface area contributed by atoms with E-state index in [9.17, 15) is 4.79 Å². The van der Waals surface area contributed by atoms with Crippen LogP contribution in [0.3, 0.4) is 0 Å². The molecule has 0 aromatic carbocycles. The Morgan fingerprint density at radius 3 is 1.91 bits per heavy atom. The van der Waals surface area contributed by atoms with Crippen LogP contribution in [0.5, 0.6) is 0 Å². The third-order valence-corrected chi connectivity index (χ3v) is 5.70. The number of hydrogen-bond acceptors (Lipinski definition) is 6. The number of carbonyl (C=O) groups excluding carboxylic acids is 1. The molecule has 0 saturated heterocycles. The van der Waals surface area contributed by atoms with Crippen molar-refractivity contribution < 1.29 is 27.5 Å². The minimum Gasteiger partial charge on any atom is -0.435 e. The van der Waals surface area contributed by atoms with Crippen LogP contribution in [0.25, 0.3) is 0 Å². The minimum absolute atomic E-state index is 0.0686. The maximum atomic E-state index is 10.9. The summed E-state index contributed by atoms with van der Waals surface area (Å²) in [6.45, 7) is 11.8. The maximum absolute atomic E-state index is 10.9. The van der Waals surface area contributed by atoms with Crippen LogP contribution in [-0.2, 0) is 27.5 Å². The van der Waals surface area contributed by atoms with Crippen molar-refractivity contribution in [2.45, 2.75) is 52.5 Å². The summed E-state index contributed by atoms with van der Waals surface area (Å²) in [5.41, 5.74) is 0. The Kier molecular flexibility index (Phi) is 14.4. The fraction of sp³-hybridized carbons (Fsp3) is 0.812. The Morgan fingerprint density at radius 2 is 1.48 bits per heavy atom. The van der Waals surface area contributed by atoms with Gasteiger partial charge in [-0.15, -0.1) is 0 Å². The second kappa shape index (κ2) is 14.8. The molecule has 0 aliphatic rings. The summed E-state index contributed by atoms with van der Waals surface area (Å²) >= 11 is 0. The zero-order valence-corrected chi connectivity index (χ0v) is 15.8. The highest BCUT2D eigenvalue weighted by Crippen LogP contribution is 2.19. The first-order valence-electron chi connectivity index (χ1n) is 8.42. The Balaban J connectivity index is 4.29. The van der Waals surface area contributed by atoms with Crippen LogP contribution < -0.4 is 0 Å². The van der Waals surface area contributed by atoms with E-state index in [0.29, 0.717) is 32.5 Å². The normalized spacial score (nSPS) is 11.4. The number of rotatable bonds is 16. The molecule has 0 aromatic heterocycles. The van der Waals surface area contributed by atoms with E-state index in [2.05, 4.69) is 27.4 Å². The van der Waals surface area contributed by atoms with Crippen molar-refractivity contribution in [3.8, 4) is 0 Å². The summed E-state index contributed by atoms with van der Waals surface area (Å²) in [5.74, 6) is -0.488. The third kappa shape index (κ3) is 11.4. The average Bonchev–Trinajstić information content (AvgIpc) is 2.58. The maximum Gasteiger partial charge on any atom is 0.501 e. The zero-order chi connectivity index (χ0) is 17.4. The van der Waals surface area contributed by atoms with Crippen LogP contribution in [-0.4, -0.2) is 48.0 Å². The van der Waals surface area contributed by atoms with Gasteiger partial charge in [-0.3, -0.25) is 0 Å². The van der Waals surface area contributed by atoms with Crippen LogP contribution in [0.4, 0.5) is 0 Å². The van der Waals surface area contributed by atoms with Gasteiger partial charge in [0, 0.05) is 31.9 Å². The standard InChI is InChI=1S/C16H32O6Si/c1-5-10-20-23(21-11-6-2,22-12-7-3)14-9-13-18-15-19-16(17)8-4/h8H,4-7,9-15H2,1-3H3. The molecule has 0 aliphatic carbocycles. The fourth-order valence-corrected chi connectivity index (χ4v) is 4.53. The molecule has 136 valence electrons. The second-order valence-corrected chi connectivity index (χ2v) is 7.76. The molecular weight excluding hydrogens is 316 g/mol. The number of carbonyl (C=O) groups is 1. The molecule has 6 nitrogen and oxygen atoms in total. The molecule has 0 aliphatic heterocycles. The van der Waals surface area contributed by atoms with Gasteiger partial charge in [-0.1, -0.05) is 27.4 Å². The van der Waals surface area contributed by atoms with Crippen LogP contribution in [0, 0.1) is 0 Å². The van der Waals surface area contributed by atoms with E-state index in [-0.39, 0.29) is 6.79 Å². The molecule has 0 fully saturated rings. The Hall–Kier alpha value is -0.733. The van der Waals surface area contributed by atoms with E-state index < -0.39 is 14.8 Å². The monoisotopic (exact) mass is 348 g/mol. The molecule has 0 aromatic rings. The molecule has 23 heavy (non-hydrogen) atoms. The van der Waals surface area contributed by atoms with Crippen molar-refractivity contribution in [1.82, 2.24) is 0 Å². The first-order chi connectivity index (χ1) is 11.1. The van der Waals surface area contributed by atoms with Crippen LogP contribution in [0.15, 0.2) is 12.7 Å². The lowest BCUT2D eigenvalue weighted by Crippen LogP contribution is -2.46. The smallest absolute Gasteiger partial charge is 0.435 e. The molecule has 0 radical (unpaired) electrons. The predicted molar refractivity (Wildman–Crippen MR) is 91.0 cm³/mol. The van der Waals surface area contributed by atoms with Crippen molar-refractivity contribution in [2.24, 2.45) is 0 Å². The number of hydrogen-bond donors (Lipinski definition) is 0. The minimum atomic E-state index is -2.65. The lowest BCUT2D eigenvalue weighted by Gasteiger charge is -2.29. The van der Waals surface area contributed by atoms with E-state index >= 15 is 0 Å². The largest absolute Gasteiger partial charge is 0.501 e. The van der Waals surface area contributed by atoms with Crippen molar-refractivity contribution in [1.29, 1.82) is 0 Å². The lowest BCUT2D eigenvalue weighted by atomic mass is 10.5. The highest BCUT2D eigenvalue weighted by molar-refractivity contribution is 6.60. The number of ether oxygens (including phenoxy) is 2.